The van der Waals surface area contributed by atoms with Gasteiger partial charge < -0.3 is 4.90 Å². The fourth-order valence-electron chi connectivity index (χ4n) is 2.45. The van der Waals surface area contributed by atoms with Gasteiger partial charge in [0.2, 0.25) is 5.65 Å². The van der Waals surface area contributed by atoms with Crippen molar-refractivity contribution in [1.82, 2.24) is 25.0 Å². The van der Waals surface area contributed by atoms with Crippen molar-refractivity contribution in [3.05, 3.63) is 5.82 Å². The number of hydrogen-bond donors (Lipinski definition) is 0. The van der Waals surface area contributed by atoms with Gasteiger partial charge in [-0.15, -0.1) is 10.2 Å². The van der Waals surface area contributed by atoms with E-state index in [9.17, 15) is 8.78 Å². The van der Waals surface area contributed by atoms with E-state index in [1.54, 1.807) is 4.90 Å². The molecule has 0 atom stereocenters. The van der Waals surface area contributed by atoms with Gasteiger partial charge in [0.25, 0.3) is 5.92 Å². The average Bonchev–Trinajstić information content (AvgIpc) is 2.98. The number of rotatable bonds is 2. The minimum atomic E-state index is -2.68. The fourth-order valence-corrected chi connectivity index (χ4v) is 2.45. The molecule has 0 aliphatic carbocycles. The molecule has 1 saturated heterocycles. The van der Waals surface area contributed by atoms with Crippen molar-refractivity contribution in [1.29, 1.82) is 0 Å². The summed E-state index contributed by atoms with van der Waals surface area (Å²) >= 11 is 0. The van der Waals surface area contributed by atoms with Gasteiger partial charge >= 0.3 is 0 Å². The maximum Gasteiger partial charge on any atom is 0.266 e. The first-order chi connectivity index (χ1) is 10.2. The SMILES string of the molecule is CCn1nc2nc(C(C)(C)C)nc(N3CCC(F)(F)C3)c2n1. The molecule has 0 radical (unpaired) electrons. The number of anilines is 1. The van der Waals surface area contributed by atoms with Gasteiger partial charge in [-0.3, -0.25) is 0 Å². The lowest BCUT2D eigenvalue weighted by Crippen LogP contribution is -2.27. The second kappa shape index (κ2) is 4.82. The molecule has 0 aromatic carbocycles. The van der Waals surface area contributed by atoms with E-state index in [1.165, 1.54) is 4.80 Å². The number of fused-ring (bicyclic) bond motifs is 1. The molecule has 6 nitrogen and oxygen atoms in total. The quantitative estimate of drug-likeness (QED) is 0.852. The molecule has 0 amide bonds. The molecule has 8 heteroatoms. The first kappa shape index (κ1) is 15.1. The van der Waals surface area contributed by atoms with Gasteiger partial charge in [-0.1, -0.05) is 20.8 Å². The maximum atomic E-state index is 13.6. The van der Waals surface area contributed by atoms with E-state index in [0.29, 0.717) is 29.4 Å². The molecule has 2 aromatic rings. The number of alkyl halides is 2. The summed E-state index contributed by atoms with van der Waals surface area (Å²) in [6.45, 7) is 8.41. The zero-order valence-electron chi connectivity index (χ0n) is 13.3. The lowest BCUT2D eigenvalue weighted by Gasteiger charge is -2.21. The molecule has 0 N–H and O–H groups in total. The third-order valence-corrected chi connectivity index (χ3v) is 3.70. The molecule has 0 unspecified atom stereocenters. The summed E-state index contributed by atoms with van der Waals surface area (Å²) in [7, 11) is 0. The van der Waals surface area contributed by atoms with Crippen LogP contribution in [0.5, 0.6) is 0 Å². The van der Waals surface area contributed by atoms with E-state index in [1.807, 2.05) is 27.7 Å². The molecule has 2 aromatic heterocycles. The van der Waals surface area contributed by atoms with Crippen LogP contribution < -0.4 is 4.90 Å². The summed E-state index contributed by atoms with van der Waals surface area (Å²) < 4.78 is 27.1. The summed E-state index contributed by atoms with van der Waals surface area (Å²) in [6.07, 6.45) is -0.161. The summed E-state index contributed by atoms with van der Waals surface area (Å²) in [4.78, 5) is 12.1. The summed E-state index contributed by atoms with van der Waals surface area (Å²) in [5.74, 6) is -1.62. The fraction of sp³-hybridized carbons (Fsp3) is 0.714. The second-order valence-electron chi connectivity index (χ2n) is 6.71. The van der Waals surface area contributed by atoms with Gasteiger partial charge in [-0.2, -0.15) is 4.80 Å². The Hall–Kier alpha value is -1.86. The van der Waals surface area contributed by atoms with E-state index >= 15 is 0 Å². The van der Waals surface area contributed by atoms with Crippen LogP contribution >= 0.6 is 0 Å². The second-order valence-corrected chi connectivity index (χ2v) is 6.71. The predicted molar refractivity (Wildman–Crippen MR) is 79.3 cm³/mol. The highest BCUT2D eigenvalue weighted by Crippen LogP contribution is 2.33. The Morgan fingerprint density at radius 1 is 1.18 bits per heavy atom. The normalized spacial score (nSPS) is 18.4. The number of aryl methyl sites for hydroxylation is 1. The molecule has 0 bridgehead atoms. The van der Waals surface area contributed by atoms with Crippen LogP contribution in [0.1, 0.15) is 39.9 Å². The maximum absolute atomic E-state index is 13.6. The Labute approximate surface area is 127 Å². The van der Waals surface area contributed by atoms with Crippen LogP contribution in [0.4, 0.5) is 14.6 Å². The van der Waals surface area contributed by atoms with Crippen LogP contribution in [0.25, 0.3) is 11.2 Å². The lowest BCUT2D eigenvalue weighted by molar-refractivity contribution is 0.0257. The van der Waals surface area contributed by atoms with Gasteiger partial charge in [0.1, 0.15) is 5.82 Å². The lowest BCUT2D eigenvalue weighted by atomic mass is 9.96. The van der Waals surface area contributed by atoms with E-state index < -0.39 is 5.92 Å². The third-order valence-electron chi connectivity index (χ3n) is 3.70. The molecule has 1 aliphatic heterocycles. The van der Waals surface area contributed by atoms with Crippen LogP contribution in [0.3, 0.4) is 0 Å². The predicted octanol–water partition coefficient (Wildman–Crippen LogP) is 2.38. The van der Waals surface area contributed by atoms with Crippen LogP contribution in [0, 0.1) is 0 Å². The summed E-state index contributed by atoms with van der Waals surface area (Å²) in [6, 6.07) is 0. The summed E-state index contributed by atoms with van der Waals surface area (Å²) in [5.41, 5.74) is 0.667. The molecular formula is C14H20F2N6. The Morgan fingerprint density at radius 2 is 1.91 bits per heavy atom. The Morgan fingerprint density at radius 3 is 2.45 bits per heavy atom. The highest BCUT2D eigenvalue weighted by Gasteiger charge is 2.40. The minimum absolute atomic E-state index is 0.161. The Balaban J connectivity index is 2.15. The molecule has 120 valence electrons. The third kappa shape index (κ3) is 2.62. The largest absolute Gasteiger partial charge is 0.348 e. The van der Waals surface area contributed by atoms with Gasteiger partial charge in [-0.05, 0) is 6.92 Å². The smallest absolute Gasteiger partial charge is 0.266 e. The number of aromatic nitrogens is 5. The number of halogens is 2. The van der Waals surface area contributed by atoms with Crippen LogP contribution in [0.15, 0.2) is 0 Å². The van der Waals surface area contributed by atoms with Gasteiger partial charge in [-0.25, -0.2) is 18.7 Å². The monoisotopic (exact) mass is 310 g/mol. The van der Waals surface area contributed by atoms with Crippen molar-refractivity contribution in [3.8, 4) is 0 Å². The van der Waals surface area contributed by atoms with Crippen molar-refractivity contribution >= 4 is 17.0 Å². The van der Waals surface area contributed by atoms with Crippen molar-refractivity contribution in [2.24, 2.45) is 0 Å². The van der Waals surface area contributed by atoms with Crippen molar-refractivity contribution in [2.75, 3.05) is 18.0 Å². The molecule has 1 fully saturated rings. The Kier molecular flexibility index (Phi) is 3.30. The topological polar surface area (TPSA) is 59.7 Å². The van der Waals surface area contributed by atoms with Crippen LogP contribution in [-0.2, 0) is 12.0 Å². The van der Waals surface area contributed by atoms with Crippen molar-refractivity contribution < 1.29 is 8.78 Å². The van der Waals surface area contributed by atoms with Crippen molar-refractivity contribution in [3.63, 3.8) is 0 Å². The zero-order chi connectivity index (χ0) is 16.1. The van der Waals surface area contributed by atoms with E-state index in [0.717, 1.165) is 0 Å². The van der Waals surface area contributed by atoms with E-state index in [2.05, 4.69) is 20.2 Å². The molecule has 22 heavy (non-hydrogen) atoms. The Bertz CT molecular complexity index is 703. The van der Waals surface area contributed by atoms with Gasteiger partial charge in [0.05, 0.1) is 13.1 Å². The van der Waals surface area contributed by atoms with Gasteiger partial charge in [0, 0.05) is 18.4 Å². The highest BCUT2D eigenvalue weighted by molar-refractivity contribution is 5.82. The van der Waals surface area contributed by atoms with Crippen molar-refractivity contribution in [2.45, 2.75) is 52.0 Å². The van der Waals surface area contributed by atoms with Crippen LogP contribution in [-0.4, -0.2) is 44.0 Å². The molecule has 3 heterocycles. The molecular weight excluding hydrogens is 290 g/mol. The molecule has 0 saturated carbocycles. The standard InChI is InChI=1S/C14H20F2N6/c1-5-22-19-9-10(20-22)17-12(13(2,3)4)18-11(9)21-7-6-14(15,16)8-21/h5-8H2,1-4H3. The zero-order valence-corrected chi connectivity index (χ0v) is 13.3. The average molecular weight is 310 g/mol. The van der Waals surface area contributed by atoms with E-state index in [4.69, 9.17) is 0 Å². The minimum Gasteiger partial charge on any atom is -0.348 e. The number of hydrogen-bond acceptors (Lipinski definition) is 5. The number of nitrogens with zero attached hydrogens (tertiary/aromatic N) is 6. The molecule has 1 aliphatic rings. The van der Waals surface area contributed by atoms with Gasteiger partial charge in [0.15, 0.2) is 11.3 Å². The highest BCUT2D eigenvalue weighted by atomic mass is 19.3. The first-order valence-electron chi connectivity index (χ1n) is 7.46. The van der Waals surface area contributed by atoms with E-state index in [-0.39, 0.29) is 24.9 Å². The summed E-state index contributed by atoms with van der Waals surface area (Å²) in [5, 5.41) is 8.65. The van der Waals surface area contributed by atoms with Crippen LogP contribution in [0.2, 0.25) is 0 Å². The molecule has 3 rings (SSSR count). The molecule has 0 spiro atoms. The first-order valence-corrected chi connectivity index (χ1v) is 7.46.